The number of rotatable bonds is 8. The van der Waals surface area contributed by atoms with E-state index in [1.165, 1.54) is 18.2 Å². The molecule has 0 unspecified atom stereocenters. The Morgan fingerprint density at radius 2 is 1.74 bits per heavy atom. The van der Waals surface area contributed by atoms with E-state index in [9.17, 15) is 14.0 Å². The summed E-state index contributed by atoms with van der Waals surface area (Å²) in [4.78, 5) is 34.0. The first-order chi connectivity index (χ1) is 18.0. The molecule has 0 aliphatic carbocycles. The van der Waals surface area contributed by atoms with E-state index >= 15 is 0 Å². The van der Waals surface area contributed by atoms with E-state index in [0.717, 1.165) is 6.07 Å². The first kappa shape index (κ1) is 30.2. The molecule has 0 fully saturated rings. The van der Waals surface area contributed by atoms with Crippen molar-refractivity contribution in [3.05, 3.63) is 81.1 Å². The van der Waals surface area contributed by atoms with E-state index in [2.05, 4.69) is 25.9 Å². The third-order valence-corrected chi connectivity index (χ3v) is 6.75. The average molecular weight is 595 g/mol. The Labute approximate surface area is 241 Å². The summed E-state index contributed by atoms with van der Waals surface area (Å²) in [6.07, 6.45) is 0. The number of fused-ring (bicyclic) bond motifs is 1. The molecule has 0 atom stereocenters. The van der Waals surface area contributed by atoms with Crippen LogP contribution in [0.15, 0.2) is 48.5 Å². The number of carbonyl (C=O) groups is 2. The molecule has 4 aromatic rings. The first-order valence-electron chi connectivity index (χ1n) is 11.6. The van der Waals surface area contributed by atoms with Crippen molar-refractivity contribution in [2.75, 3.05) is 29.6 Å². The van der Waals surface area contributed by atoms with Crippen molar-refractivity contribution in [2.24, 2.45) is 0 Å². The Balaban J connectivity index is 0.00000420. The minimum Gasteiger partial charge on any atom is -0.377 e. The number of nitrogens with one attached hydrogen (secondary N) is 4. The molecule has 0 saturated carbocycles. The molecule has 2 amide bonds. The number of carbonyl (C=O) groups excluding carboxylic acids is 2. The number of methoxy groups -OCH3 is 1. The van der Waals surface area contributed by atoms with E-state index in [-0.39, 0.29) is 34.2 Å². The van der Waals surface area contributed by atoms with Gasteiger partial charge in [-0.2, -0.15) is 0 Å². The number of amides is 2. The van der Waals surface area contributed by atoms with Gasteiger partial charge in [0.2, 0.25) is 5.95 Å². The summed E-state index contributed by atoms with van der Waals surface area (Å²) in [7, 11) is 1.61. The molecule has 12 heteroatoms. The minimum absolute atomic E-state index is 0. The molecule has 0 radical (unpaired) electrons. The quantitative estimate of drug-likeness (QED) is 0.174. The molecule has 0 bridgehead atoms. The van der Waals surface area contributed by atoms with Crippen molar-refractivity contribution in [1.82, 2.24) is 9.97 Å². The van der Waals surface area contributed by atoms with Crippen LogP contribution in [0, 0.1) is 12.7 Å². The average Bonchev–Trinajstić information content (AvgIpc) is 3.28. The molecule has 8 nitrogen and oxygen atoms in total. The summed E-state index contributed by atoms with van der Waals surface area (Å²) in [5, 5.41) is 9.12. The van der Waals surface area contributed by atoms with Crippen LogP contribution < -0.4 is 16.0 Å². The second-order valence-corrected chi connectivity index (χ2v) is 10.1. The number of H-pyrrole nitrogens is 1. The Morgan fingerprint density at radius 3 is 2.44 bits per heavy atom. The molecule has 0 spiro atoms. The number of aromatic nitrogens is 2. The van der Waals surface area contributed by atoms with Gasteiger partial charge in [-0.3, -0.25) is 9.59 Å². The lowest BCUT2D eigenvalue weighted by Gasteiger charge is -2.22. The fourth-order valence-electron chi connectivity index (χ4n) is 3.66. The van der Waals surface area contributed by atoms with Crippen molar-refractivity contribution < 1.29 is 18.7 Å². The van der Waals surface area contributed by atoms with Gasteiger partial charge in [0, 0.05) is 30.1 Å². The van der Waals surface area contributed by atoms with Gasteiger partial charge in [-0.25, -0.2) is 9.37 Å². The summed E-state index contributed by atoms with van der Waals surface area (Å²) in [5.41, 5.74) is 1.69. The molecular weight excluding hydrogens is 568 g/mol. The van der Waals surface area contributed by atoms with Crippen LogP contribution in [0.25, 0.3) is 11.0 Å². The molecule has 39 heavy (non-hydrogen) atoms. The van der Waals surface area contributed by atoms with E-state index in [4.69, 9.17) is 27.9 Å². The van der Waals surface area contributed by atoms with Gasteiger partial charge in [0.25, 0.3) is 11.8 Å². The highest BCUT2D eigenvalue weighted by Crippen LogP contribution is 2.29. The molecular formula is C27H27Cl3FN5O3. The summed E-state index contributed by atoms with van der Waals surface area (Å²) < 4.78 is 19.8. The number of benzene rings is 3. The lowest BCUT2D eigenvalue weighted by molar-refractivity contribution is 0.0342. The smallest absolute Gasteiger partial charge is 0.260 e. The maximum absolute atomic E-state index is 14.3. The largest absolute Gasteiger partial charge is 0.377 e. The molecule has 206 valence electrons. The van der Waals surface area contributed by atoms with Crippen LogP contribution in [-0.2, 0) is 4.74 Å². The highest BCUT2D eigenvalue weighted by molar-refractivity contribution is 6.34. The highest BCUT2D eigenvalue weighted by Gasteiger charge is 2.22. The van der Waals surface area contributed by atoms with Crippen molar-refractivity contribution in [3.8, 4) is 0 Å². The maximum atomic E-state index is 14.3. The van der Waals surface area contributed by atoms with Gasteiger partial charge in [-0.05, 0) is 62.7 Å². The van der Waals surface area contributed by atoms with Gasteiger partial charge in [0.15, 0.2) is 0 Å². The van der Waals surface area contributed by atoms with Crippen LogP contribution in [0.3, 0.4) is 0 Å². The maximum Gasteiger partial charge on any atom is 0.260 e. The van der Waals surface area contributed by atoms with E-state index < -0.39 is 23.2 Å². The Bertz CT molecular complexity index is 1520. The summed E-state index contributed by atoms with van der Waals surface area (Å²) in [5.74, 6) is -1.60. The lowest BCUT2D eigenvalue weighted by atomic mass is 10.1. The van der Waals surface area contributed by atoms with Gasteiger partial charge in [0.1, 0.15) is 11.3 Å². The standard InChI is InChI=1S/C27H26Cl2FN5O3.ClH/c1-14-17(28)7-6-10-20(14)33-24(36)16-11-15(32-25(37)22-18(29)8-5-9-19(22)30)12-21-23(16)35-26(34-21)31-13-27(2,3)38-4;/h5-12H,13H2,1-4H3,(H,32,37)(H,33,36)(H2,31,34,35);1H. The zero-order valence-corrected chi connectivity index (χ0v) is 23.9. The topological polar surface area (TPSA) is 108 Å². The Morgan fingerprint density at radius 1 is 1.05 bits per heavy atom. The fourth-order valence-corrected chi connectivity index (χ4v) is 4.08. The van der Waals surface area contributed by atoms with Crippen molar-refractivity contribution in [1.29, 1.82) is 0 Å². The number of aromatic amines is 1. The van der Waals surface area contributed by atoms with Crippen LogP contribution >= 0.6 is 35.6 Å². The Kier molecular flexibility index (Phi) is 9.45. The minimum atomic E-state index is -0.765. The first-order valence-corrected chi connectivity index (χ1v) is 12.4. The van der Waals surface area contributed by atoms with Gasteiger partial charge in [0.05, 0.1) is 27.3 Å². The Hall–Kier alpha value is -3.37. The third kappa shape index (κ3) is 6.80. The zero-order chi connectivity index (χ0) is 27.6. The van der Waals surface area contributed by atoms with E-state index in [1.807, 2.05) is 13.8 Å². The van der Waals surface area contributed by atoms with Gasteiger partial charge < -0.3 is 25.7 Å². The van der Waals surface area contributed by atoms with Crippen molar-refractivity contribution in [2.45, 2.75) is 26.4 Å². The molecule has 4 N–H and O–H groups in total. The number of anilines is 3. The number of nitrogens with zero attached hydrogens (tertiary/aromatic N) is 1. The molecule has 0 aliphatic rings. The second kappa shape index (κ2) is 12.2. The molecule has 1 heterocycles. The molecule has 0 aliphatic heterocycles. The lowest BCUT2D eigenvalue weighted by Crippen LogP contribution is -2.32. The van der Waals surface area contributed by atoms with Crippen LogP contribution in [0.2, 0.25) is 10.0 Å². The summed E-state index contributed by atoms with van der Waals surface area (Å²) in [6, 6.07) is 12.2. The molecule has 0 saturated heterocycles. The van der Waals surface area contributed by atoms with Gasteiger partial charge in [-0.1, -0.05) is 35.3 Å². The van der Waals surface area contributed by atoms with Gasteiger partial charge >= 0.3 is 0 Å². The van der Waals surface area contributed by atoms with Crippen LogP contribution in [0.4, 0.5) is 21.7 Å². The van der Waals surface area contributed by atoms with Crippen molar-refractivity contribution in [3.63, 3.8) is 0 Å². The number of ether oxygens (including phenoxy) is 1. The number of halogens is 4. The van der Waals surface area contributed by atoms with Gasteiger partial charge in [-0.15, -0.1) is 12.4 Å². The number of hydrogen-bond donors (Lipinski definition) is 4. The zero-order valence-electron chi connectivity index (χ0n) is 21.5. The fraction of sp³-hybridized carbons (Fsp3) is 0.222. The third-order valence-electron chi connectivity index (χ3n) is 6.03. The number of hydrogen-bond acceptors (Lipinski definition) is 5. The normalized spacial score (nSPS) is 11.2. The highest BCUT2D eigenvalue weighted by atomic mass is 35.5. The second-order valence-electron chi connectivity index (χ2n) is 9.24. The van der Waals surface area contributed by atoms with Crippen LogP contribution in [-0.4, -0.2) is 41.0 Å². The van der Waals surface area contributed by atoms with Crippen molar-refractivity contribution >= 4 is 75.8 Å². The molecule has 3 aromatic carbocycles. The van der Waals surface area contributed by atoms with E-state index in [0.29, 0.717) is 39.8 Å². The SMILES string of the molecule is COC(C)(C)CNc1nc2c(C(=O)Nc3cccc(Cl)c3C)cc(NC(=O)c3c(F)cccc3Cl)cc2[nH]1.Cl. The predicted molar refractivity (Wildman–Crippen MR) is 156 cm³/mol. The number of imidazole rings is 1. The van der Waals surface area contributed by atoms with Crippen LogP contribution in [0.5, 0.6) is 0 Å². The van der Waals surface area contributed by atoms with Crippen LogP contribution in [0.1, 0.15) is 40.1 Å². The molecule has 1 aromatic heterocycles. The summed E-state index contributed by atoms with van der Waals surface area (Å²) in [6.45, 7) is 6.05. The summed E-state index contributed by atoms with van der Waals surface area (Å²) >= 11 is 12.3. The predicted octanol–water partition coefficient (Wildman–Crippen LogP) is 7.08. The van der Waals surface area contributed by atoms with E-state index in [1.54, 1.807) is 38.3 Å². The molecule has 4 rings (SSSR count). The monoisotopic (exact) mass is 593 g/mol.